The average Bonchev–Trinajstić information content (AvgIpc) is 2.63. The average molecular weight is 351 g/mol. The highest BCUT2D eigenvalue weighted by molar-refractivity contribution is 7.99. The molecule has 5 nitrogen and oxygen atoms in total. The molecule has 0 saturated carbocycles. The minimum absolute atomic E-state index is 0.0138. The van der Waals surface area contributed by atoms with Crippen LogP contribution in [0.15, 0.2) is 53.4 Å². The number of carbonyl (C=O) groups is 2. The van der Waals surface area contributed by atoms with Crippen molar-refractivity contribution in [1.82, 2.24) is 5.32 Å². The Morgan fingerprint density at radius 2 is 1.92 bits per heavy atom. The summed E-state index contributed by atoms with van der Waals surface area (Å²) in [5.41, 5.74) is 2.26. The van der Waals surface area contributed by atoms with Crippen LogP contribution in [0, 0.1) is 11.3 Å². The van der Waals surface area contributed by atoms with E-state index in [2.05, 4.69) is 22.8 Å². The lowest BCUT2D eigenvalue weighted by atomic mass is 10.0. The highest BCUT2D eigenvalue weighted by Crippen LogP contribution is 2.35. The van der Waals surface area contributed by atoms with Gasteiger partial charge in [0.15, 0.2) is 0 Å². The molecule has 1 aliphatic heterocycles. The van der Waals surface area contributed by atoms with Gasteiger partial charge in [-0.1, -0.05) is 18.2 Å². The van der Waals surface area contributed by atoms with Crippen molar-refractivity contribution in [1.29, 1.82) is 5.26 Å². The molecule has 1 heterocycles. The summed E-state index contributed by atoms with van der Waals surface area (Å²) in [5.74, 6) is 0.476. The van der Waals surface area contributed by atoms with E-state index in [1.165, 1.54) is 4.90 Å². The molecule has 126 valence electrons. The number of fused-ring (bicyclic) bond motifs is 1. The number of thioether (sulfide) groups is 1. The number of nitrogens with zero attached hydrogens (tertiary/aromatic N) is 1. The zero-order chi connectivity index (χ0) is 17.6. The summed E-state index contributed by atoms with van der Waals surface area (Å²) in [5, 5.41) is 14.2. The Labute approximate surface area is 150 Å². The lowest BCUT2D eigenvalue weighted by Crippen LogP contribution is -2.30. The fraction of sp³-hybridized carbons (Fsp3) is 0.211. The third kappa shape index (κ3) is 4.20. The third-order valence-electron chi connectivity index (χ3n) is 3.93. The van der Waals surface area contributed by atoms with Crippen LogP contribution in [0.3, 0.4) is 0 Å². The molecular weight excluding hydrogens is 334 g/mol. The largest absolute Gasteiger partial charge is 0.345 e. The Hall–Kier alpha value is -2.78. The number of carbonyl (C=O) groups excluding carboxylic acids is 2. The number of hydrogen-bond donors (Lipinski definition) is 2. The highest BCUT2D eigenvalue weighted by Gasteiger charge is 2.22. The van der Waals surface area contributed by atoms with Crippen LogP contribution in [0.1, 0.15) is 34.8 Å². The van der Waals surface area contributed by atoms with E-state index in [9.17, 15) is 9.59 Å². The van der Waals surface area contributed by atoms with Crippen LogP contribution in [-0.4, -0.2) is 17.6 Å². The lowest BCUT2D eigenvalue weighted by molar-refractivity contribution is -0.115. The van der Waals surface area contributed by atoms with Crippen molar-refractivity contribution in [3.63, 3.8) is 0 Å². The maximum atomic E-state index is 12.5. The molecule has 0 radical (unpaired) electrons. The topological polar surface area (TPSA) is 82.0 Å². The number of benzene rings is 2. The van der Waals surface area contributed by atoms with Crippen molar-refractivity contribution in [2.24, 2.45) is 0 Å². The molecule has 0 fully saturated rings. The smallest absolute Gasteiger partial charge is 0.251 e. The fourth-order valence-electron chi connectivity index (χ4n) is 2.72. The SMILES string of the molecule is N#CCC(=O)Nc1ccc(C(=O)N[C@H]2CCSc3ccccc32)cc1. The van der Waals surface area contributed by atoms with Crippen LogP contribution < -0.4 is 10.6 Å². The molecule has 1 aliphatic rings. The molecule has 6 heteroatoms. The molecular formula is C19H17N3O2S. The van der Waals surface area contributed by atoms with Crippen molar-refractivity contribution >= 4 is 29.3 Å². The van der Waals surface area contributed by atoms with Crippen molar-refractivity contribution in [2.45, 2.75) is 23.8 Å². The van der Waals surface area contributed by atoms with E-state index >= 15 is 0 Å². The van der Waals surface area contributed by atoms with E-state index < -0.39 is 0 Å². The Bertz CT molecular complexity index is 827. The van der Waals surface area contributed by atoms with Gasteiger partial charge in [0.2, 0.25) is 5.91 Å². The summed E-state index contributed by atoms with van der Waals surface area (Å²) in [4.78, 5) is 25.1. The van der Waals surface area contributed by atoms with E-state index in [1.54, 1.807) is 30.3 Å². The number of hydrogen-bond acceptors (Lipinski definition) is 4. The van der Waals surface area contributed by atoms with Crippen LogP contribution in [-0.2, 0) is 4.79 Å². The van der Waals surface area contributed by atoms with Gasteiger partial charge in [-0.15, -0.1) is 11.8 Å². The molecule has 0 spiro atoms. The van der Waals surface area contributed by atoms with Gasteiger partial charge in [-0.25, -0.2) is 0 Å². The summed E-state index contributed by atoms with van der Waals surface area (Å²) in [6.45, 7) is 0. The monoisotopic (exact) mass is 351 g/mol. The normalized spacial score (nSPS) is 15.6. The van der Waals surface area contributed by atoms with Crippen molar-refractivity contribution in [3.8, 4) is 6.07 Å². The van der Waals surface area contributed by atoms with Crippen molar-refractivity contribution in [2.75, 3.05) is 11.1 Å². The summed E-state index contributed by atoms with van der Waals surface area (Å²) in [7, 11) is 0. The summed E-state index contributed by atoms with van der Waals surface area (Å²) < 4.78 is 0. The molecule has 2 amide bonds. The van der Waals surface area contributed by atoms with Crippen molar-refractivity contribution < 1.29 is 9.59 Å². The maximum Gasteiger partial charge on any atom is 0.251 e. The van der Waals surface area contributed by atoms with Gasteiger partial charge < -0.3 is 10.6 Å². The number of anilines is 1. The molecule has 1 atom stereocenters. The zero-order valence-electron chi connectivity index (χ0n) is 13.5. The third-order valence-corrected chi connectivity index (χ3v) is 5.06. The lowest BCUT2D eigenvalue weighted by Gasteiger charge is -2.25. The Balaban J connectivity index is 1.66. The molecule has 2 N–H and O–H groups in total. The molecule has 2 aromatic rings. The van der Waals surface area contributed by atoms with Crippen LogP contribution in [0.25, 0.3) is 0 Å². The number of nitriles is 1. The predicted molar refractivity (Wildman–Crippen MR) is 97.3 cm³/mol. The summed E-state index contributed by atoms with van der Waals surface area (Å²) >= 11 is 1.81. The molecule has 0 unspecified atom stereocenters. The summed E-state index contributed by atoms with van der Waals surface area (Å²) in [6, 6.07) is 16.6. The maximum absolute atomic E-state index is 12.5. The van der Waals surface area contributed by atoms with Gasteiger partial charge in [0.25, 0.3) is 5.91 Å². The van der Waals surface area contributed by atoms with E-state index in [1.807, 2.05) is 23.9 Å². The molecule has 25 heavy (non-hydrogen) atoms. The Morgan fingerprint density at radius 1 is 1.16 bits per heavy atom. The molecule has 3 rings (SSSR count). The van der Waals surface area contributed by atoms with E-state index in [-0.39, 0.29) is 24.3 Å². The Morgan fingerprint density at radius 3 is 2.68 bits per heavy atom. The predicted octanol–water partition coefficient (Wildman–Crippen LogP) is 3.51. The first kappa shape index (κ1) is 17.1. The first-order valence-corrected chi connectivity index (χ1v) is 8.95. The highest BCUT2D eigenvalue weighted by atomic mass is 32.2. The minimum Gasteiger partial charge on any atom is -0.345 e. The van der Waals surface area contributed by atoms with Crippen molar-refractivity contribution in [3.05, 3.63) is 59.7 Å². The first-order valence-electron chi connectivity index (χ1n) is 7.97. The summed E-state index contributed by atoms with van der Waals surface area (Å²) in [6.07, 6.45) is 0.705. The molecule has 0 bridgehead atoms. The zero-order valence-corrected chi connectivity index (χ0v) is 14.3. The molecule has 0 aromatic heterocycles. The van der Waals surface area contributed by atoms with Gasteiger partial charge in [-0.05, 0) is 42.3 Å². The van der Waals surface area contributed by atoms with Gasteiger partial charge in [0.1, 0.15) is 6.42 Å². The fourth-order valence-corrected chi connectivity index (χ4v) is 3.84. The van der Waals surface area contributed by atoms with Gasteiger partial charge in [-0.3, -0.25) is 9.59 Å². The standard InChI is InChI=1S/C19H17N3O2S/c20-11-9-18(23)21-14-7-5-13(6-8-14)19(24)22-16-10-12-25-17-4-2-1-3-15(16)17/h1-8,16H,9-10,12H2,(H,21,23)(H,22,24)/t16-/m0/s1. The van der Waals surface area contributed by atoms with Gasteiger partial charge in [0, 0.05) is 21.9 Å². The molecule has 0 saturated heterocycles. The Kier molecular flexibility index (Phi) is 5.36. The van der Waals surface area contributed by atoms with Crippen LogP contribution in [0.5, 0.6) is 0 Å². The van der Waals surface area contributed by atoms with Crippen LogP contribution >= 0.6 is 11.8 Å². The number of rotatable bonds is 4. The molecule has 2 aromatic carbocycles. The van der Waals surface area contributed by atoms with E-state index in [0.29, 0.717) is 11.3 Å². The second kappa shape index (κ2) is 7.86. The van der Waals surface area contributed by atoms with E-state index in [4.69, 9.17) is 5.26 Å². The van der Waals surface area contributed by atoms with Crippen LogP contribution in [0.2, 0.25) is 0 Å². The second-order valence-corrected chi connectivity index (χ2v) is 6.80. The first-order chi connectivity index (χ1) is 12.2. The molecule has 0 aliphatic carbocycles. The van der Waals surface area contributed by atoms with Gasteiger partial charge in [0.05, 0.1) is 12.1 Å². The number of nitrogens with one attached hydrogen (secondary N) is 2. The van der Waals surface area contributed by atoms with Gasteiger partial charge in [-0.2, -0.15) is 5.26 Å². The van der Waals surface area contributed by atoms with Crippen LogP contribution in [0.4, 0.5) is 5.69 Å². The quantitative estimate of drug-likeness (QED) is 0.883. The minimum atomic E-state index is -0.365. The van der Waals surface area contributed by atoms with Gasteiger partial charge >= 0.3 is 0 Å². The second-order valence-electron chi connectivity index (χ2n) is 5.66. The van der Waals surface area contributed by atoms with E-state index in [0.717, 1.165) is 17.7 Å². The number of amides is 2.